The van der Waals surface area contributed by atoms with E-state index in [-0.39, 0.29) is 23.6 Å². The zero-order valence-corrected chi connectivity index (χ0v) is 12.4. The number of benzene rings is 1. The van der Waals surface area contributed by atoms with Gasteiger partial charge in [0.25, 0.3) is 0 Å². The average molecular weight is 317 g/mol. The summed E-state index contributed by atoms with van der Waals surface area (Å²) in [6, 6.07) is 7.40. The van der Waals surface area contributed by atoms with Crippen LogP contribution in [0.15, 0.2) is 24.3 Å². The lowest BCUT2D eigenvalue weighted by molar-refractivity contribution is 0.349. The van der Waals surface area contributed by atoms with Gasteiger partial charge in [-0.3, -0.25) is 0 Å². The Labute approximate surface area is 122 Å². The van der Waals surface area contributed by atoms with Crippen LogP contribution in [0.2, 0.25) is 5.02 Å². The van der Waals surface area contributed by atoms with E-state index in [4.69, 9.17) is 23.8 Å². The fourth-order valence-electron chi connectivity index (χ4n) is 2.64. The first-order valence-electron chi connectivity index (χ1n) is 5.97. The average Bonchev–Trinajstić information content (AvgIpc) is 2.75. The number of nitrogens with one attached hydrogen (secondary N) is 1. The number of halogens is 1. The lowest BCUT2D eigenvalue weighted by Gasteiger charge is -2.23. The molecule has 2 fully saturated rings. The summed E-state index contributed by atoms with van der Waals surface area (Å²) in [5, 5.41) is 4.43. The number of thiocarbonyl (C=S) groups is 1. The Hall–Kier alpha value is -0.850. The predicted molar refractivity (Wildman–Crippen MR) is 79.0 cm³/mol. The van der Waals surface area contributed by atoms with Gasteiger partial charge in [0.15, 0.2) is 14.9 Å². The van der Waals surface area contributed by atoms with Gasteiger partial charge < -0.3 is 10.2 Å². The van der Waals surface area contributed by atoms with Crippen molar-refractivity contribution < 1.29 is 8.42 Å². The molecule has 0 bridgehead atoms. The molecule has 0 amide bonds. The van der Waals surface area contributed by atoms with Crippen molar-refractivity contribution in [2.45, 2.75) is 18.6 Å². The second kappa shape index (κ2) is 4.61. The minimum Gasteiger partial charge on any atom is -0.357 e. The van der Waals surface area contributed by atoms with Crippen LogP contribution in [0.25, 0.3) is 0 Å². The Kier molecular flexibility index (Phi) is 3.19. The zero-order valence-electron chi connectivity index (χ0n) is 10.0. The van der Waals surface area contributed by atoms with Crippen molar-refractivity contribution in [3.05, 3.63) is 34.9 Å². The molecule has 19 heavy (non-hydrogen) atoms. The highest BCUT2D eigenvalue weighted by atomic mass is 35.5. The second-order valence-corrected chi connectivity index (χ2v) is 7.93. The maximum absolute atomic E-state index is 11.7. The predicted octanol–water partition coefficient (Wildman–Crippen LogP) is 1.20. The van der Waals surface area contributed by atoms with Gasteiger partial charge in [0.2, 0.25) is 0 Å². The van der Waals surface area contributed by atoms with Crippen LogP contribution in [0, 0.1) is 0 Å². The molecule has 2 saturated heterocycles. The van der Waals surface area contributed by atoms with Crippen LogP contribution in [0.4, 0.5) is 0 Å². The van der Waals surface area contributed by atoms with E-state index in [0.29, 0.717) is 16.7 Å². The van der Waals surface area contributed by atoms with Crippen molar-refractivity contribution in [3.63, 3.8) is 0 Å². The normalized spacial score (nSPS) is 28.3. The van der Waals surface area contributed by atoms with Gasteiger partial charge in [-0.15, -0.1) is 0 Å². The van der Waals surface area contributed by atoms with Gasteiger partial charge in [0.05, 0.1) is 23.6 Å². The van der Waals surface area contributed by atoms with Crippen LogP contribution in [0.1, 0.15) is 5.56 Å². The summed E-state index contributed by atoms with van der Waals surface area (Å²) in [5.41, 5.74) is 1.07. The van der Waals surface area contributed by atoms with E-state index in [2.05, 4.69) is 5.32 Å². The van der Waals surface area contributed by atoms with Crippen LogP contribution < -0.4 is 5.32 Å². The molecule has 0 aromatic heterocycles. The maximum atomic E-state index is 11.7. The molecule has 1 aromatic rings. The first-order valence-corrected chi connectivity index (χ1v) is 8.57. The number of hydrogen-bond acceptors (Lipinski definition) is 3. The summed E-state index contributed by atoms with van der Waals surface area (Å²) in [6.07, 6.45) is 0. The van der Waals surface area contributed by atoms with E-state index in [9.17, 15) is 8.42 Å². The fourth-order valence-corrected chi connectivity index (χ4v) is 5.04. The molecular weight excluding hydrogens is 304 g/mol. The third kappa shape index (κ3) is 2.57. The SMILES string of the molecule is O=S1(=O)C[C@@H]2[C@@H](C1)NC(=S)N2Cc1ccc(Cl)cc1. The second-order valence-electron chi connectivity index (χ2n) is 4.95. The number of nitrogens with zero attached hydrogens (tertiary/aromatic N) is 1. The third-order valence-electron chi connectivity index (χ3n) is 3.56. The largest absolute Gasteiger partial charge is 0.357 e. The summed E-state index contributed by atoms with van der Waals surface area (Å²) < 4.78 is 23.3. The van der Waals surface area contributed by atoms with Gasteiger partial charge in [0, 0.05) is 11.6 Å². The van der Waals surface area contributed by atoms with Crippen LogP contribution >= 0.6 is 23.8 Å². The van der Waals surface area contributed by atoms with E-state index in [1.54, 1.807) is 0 Å². The molecule has 4 nitrogen and oxygen atoms in total. The van der Waals surface area contributed by atoms with Crippen LogP contribution in [0.5, 0.6) is 0 Å². The smallest absolute Gasteiger partial charge is 0.169 e. The zero-order chi connectivity index (χ0) is 13.6. The standard InChI is InChI=1S/C12H13ClN2O2S2/c13-9-3-1-8(2-4-9)5-15-11-7-19(16,17)6-10(11)14-12(15)18/h1-4,10-11H,5-7H2,(H,14,18)/t10-,11-/m1/s1. The van der Waals surface area contributed by atoms with E-state index in [1.165, 1.54) is 0 Å². The van der Waals surface area contributed by atoms with Crippen molar-refractivity contribution in [2.24, 2.45) is 0 Å². The summed E-state index contributed by atoms with van der Waals surface area (Å²) >= 11 is 11.1. The molecule has 2 aliphatic rings. The van der Waals surface area contributed by atoms with Crippen molar-refractivity contribution in [3.8, 4) is 0 Å². The molecular formula is C12H13ClN2O2S2. The van der Waals surface area contributed by atoms with Crippen LogP contribution in [-0.2, 0) is 16.4 Å². The summed E-state index contributed by atoms with van der Waals surface area (Å²) in [7, 11) is -2.95. The third-order valence-corrected chi connectivity index (χ3v) is 5.88. The van der Waals surface area contributed by atoms with Crippen molar-refractivity contribution in [2.75, 3.05) is 11.5 Å². The van der Waals surface area contributed by atoms with E-state index >= 15 is 0 Å². The Bertz CT molecular complexity index is 615. The monoisotopic (exact) mass is 316 g/mol. The molecule has 3 rings (SSSR count). The fraction of sp³-hybridized carbons (Fsp3) is 0.417. The van der Waals surface area contributed by atoms with Crippen molar-refractivity contribution in [1.29, 1.82) is 0 Å². The summed E-state index contributed by atoms with van der Waals surface area (Å²) in [4.78, 5) is 1.97. The summed E-state index contributed by atoms with van der Waals surface area (Å²) in [6.45, 7) is 0.611. The molecule has 0 radical (unpaired) electrons. The lowest BCUT2D eigenvalue weighted by Crippen LogP contribution is -2.36. The molecule has 0 spiro atoms. The van der Waals surface area contributed by atoms with Crippen molar-refractivity contribution >= 4 is 38.8 Å². The molecule has 2 atom stereocenters. The number of fused-ring (bicyclic) bond motifs is 1. The molecule has 0 aliphatic carbocycles. The Balaban J connectivity index is 1.80. The molecule has 7 heteroatoms. The molecule has 2 heterocycles. The Morgan fingerprint density at radius 1 is 1.32 bits per heavy atom. The van der Waals surface area contributed by atoms with Gasteiger partial charge in [-0.05, 0) is 29.9 Å². The van der Waals surface area contributed by atoms with Gasteiger partial charge in [-0.1, -0.05) is 23.7 Å². The van der Waals surface area contributed by atoms with Crippen LogP contribution in [-0.4, -0.2) is 42.0 Å². The summed E-state index contributed by atoms with van der Waals surface area (Å²) in [5.74, 6) is 0.354. The van der Waals surface area contributed by atoms with E-state index in [1.807, 2.05) is 29.2 Å². The molecule has 1 N–H and O–H groups in total. The van der Waals surface area contributed by atoms with Gasteiger partial charge in [0.1, 0.15) is 0 Å². The molecule has 102 valence electrons. The van der Waals surface area contributed by atoms with E-state index < -0.39 is 9.84 Å². The maximum Gasteiger partial charge on any atom is 0.169 e. The molecule has 0 saturated carbocycles. The lowest BCUT2D eigenvalue weighted by atomic mass is 10.1. The van der Waals surface area contributed by atoms with Gasteiger partial charge >= 0.3 is 0 Å². The minimum absolute atomic E-state index is 0.0480. The molecule has 1 aromatic carbocycles. The highest BCUT2D eigenvalue weighted by Crippen LogP contribution is 2.26. The first kappa shape index (κ1) is 13.1. The Morgan fingerprint density at radius 3 is 2.68 bits per heavy atom. The van der Waals surface area contributed by atoms with Crippen LogP contribution in [0.3, 0.4) is 0 Å². The minimum atomic E-state index is -2.95. The molecule has 2 aliphatic heterocycles. The number of hydrogen-bond donors (Lipinski definition) is 1. The Morgan fingerprint density at radius 2 is 2.00 bits per heavy atom. The van der Waals surface area contributed by atoms with Gasteiger partial charge in [-0.25, -0.2) is 8.42 Å². The van der Waals surface area contributed by atoms with E-state index in [0.717, 1.165) is 5.56 Å². The quantitative estimate of drug-likeness (QED) is 0.831. The first-order chi connectivity index (χ1) is 8.94. The number of sulfone groups is 1. The van der Waals surface area contributed by atoms with Gasteiger partial charge in [-0.2, -0.15) is 0 Å². The van der Waals surface area contributed by atoms with Crippen molar-refractivity contribution in [1.82, 2.24) is 10.2 Å². The highest BCUT2D eigenvalue weighted by molar-refractivity contribution is 7.91. The number of rotatable bonds is 2. The topological polar surface area (TPSA) is 49.4 Å². The highest BCUT2D eigenvalue weighted by Gasteiger charge is 2.46. The molecule has 0 unspecified atom stereocenters.